The third kappa shape index (κ3) is 5.90. The molecule has 1 heterocycles. The van der Waals surface area contributed by atoms with Gasteiger partial charge in [-0.3, -0.25) is 9.59 Å². The fourth-order valence-corrected chi connectivity index (χ4v) is 2.93. The molecule has 1 aromatic heterocycles. The van der Waals surface area contributed by atoms with E-state index in [9.17, 15) is 9.59 Å². The smallest absolute Gasteiger partial charge is 0.252 e. The number of nitrogens with zero attached hydrogens (tertiary/aromatic N) is 1. The van der Waals surface area contributed by atoms with Gasteiger partial charge >= 0.3 is 0 Å². The number of furan rings is 1. The third-order valence-electron chi connectivity index (χ3n) is 4.34. The van der Waals surface area contributed by atoms with Crippen LogP contribution in [0.2, 0.25) is 0 Å². The van der Waals surface area contributed by atoms with E-state index in [4.69, 9.17) is 4.42 Å². The number of nitrogens with one attached hydrogen (secondary N) is 2. The van der Waals surface area contributed by atoms with E-state index >= 15 is 0 Å². The van der Waals surface area contributed by atoms with Crippen LogP contribution < -0.4 is 10.7 Å². The Bertz CT molecular complexity index is 912. The summed E-state index contributed by atoms with van der Waals surface area (Å²) >= 11 is 0. The molecule has 0 saturated carbocycles. The molecule has 6 nitrogen and oxygen atoms in total. The van der Waals surface area contributed by atoms with E-state index in [2.05, 4.69) is 15.8 Å². The normalized spacial score (nSPS) is 11.3. The van der Waals surface area contributed by atoms with Gasteiger partial charge in [-0.1, -0.05) is 60.7 Å². The predicted molar refractivity (Wildman–Crippen MR) is 111 cm³/mol. The second-order valence-electron chi connectivity index (χ2n) is 6.61. The molecule has 0 unspecified atom stereocenters. The summed E-state index contributed by atoms with van der Waals surface area (Å²) in [7, 11) is 0. The number of hydrogen-bond acceptors (Lipinski definition) is 4. The van der Waals surface area contributed by atoms with Gasteiger partial charge in [0.05, 0.1) is 25.1 Å². The maximum Gasteiger partial charge on any atom is 0.252 e. The molecule has 3 rings (SSSR count). The molecule has 0 aliphatic rings. The van der Waals surface area contributed by atoms with Crippen molar-refractivity contribution in [1.29, 1.82) is 0 Å². The van der Waals surface area contributed by atoms with Gasteiger partial charge in [0.2, 0.25) is 5.91 Å². The van der Waals surface area contributed by atoms with Crippen LogP contribution in [-0.2, 0) is 16.1 Å². The first kappa shape index (κ1) is 20.1. The first-order valence-corrected chi connectivity index (χ1v) is 9.35. The van der Waals surface area contributed by atoms with Crippen molar-refractivity contribution in [1.82, 2.24) is 10.7 Å². The van der Waals surface area contributed by atoms with Gasteiger partial charge in [-0.25, -0.2) is 5.43 Å². The van der Waals surface area contributed by atoms with Crippen LogP contribution >= 0.6 is 0 Å². The molecule has 29 heavy (non-hydrogen) atoms. The number of hydrogen-bond donors (Lipinski definition) is 2. The molecule has 2 N–H and O–H groups in total. The monoisotopic (exact) mass is 389 g/mol. The summed E-state index contributed by atoms with van der Waals surface area (Å²) in [5.74, 6) is -0.256. The molecular formula is C23H23N3O3. The summed E-state index contributed by atoms with van der Waals surface area (Å²) in [4.78, 5) is 24.9. The van der Waals surface area contributed by atoms with Crippen molar-refractivity contribution in [2.24, 2.45) is 5.10 Å². The molecular weight excluding hydrogens is 366 g/mol. The minimum atomic E-state index is -0.485. The standard InChI is InChI=1S/C23H23N3O3/c1-17(15-21(27)24-16-20-13-8-14-29-20)25-26-23(28)22(18-9-4-2-5-10-18)19-11-6-3-7-12-19/h2-14,22H,15-16H2,1H3,(H,24,27)(H,26,28)/b25-17+. The van der Waals surface area contributed by atoms with Gasteiger partial charge in [-0.15, -0.1) is 0 Å². The molecule has 0 saturated heterocycles. The minimum Gasteiger partial charge on any atom is -0.467 e. The van der Waals surface area contributed by atoms with Crippen molar-refractivity contribution >= 4 is 17.5 Å². The number of carbonyl (C=O) groups is 2. The summed E-state index contributed by atoms with van der Waals surface area (Å²) in [6, 6.07) is 22.6. The Hall–Kier alpha value is -3.67. The highest BCUT2D eigenvalue weighted by Gasteiger charge is 2.22. The summed E-state index contributed by atoms with van der Waals surface area (Å²) in [5.41, 5.74) is 4.86. The van der Waals surface area contributed by atoms with Crippen LogP contribution in [0.3, 0.4) is 0 Å². The first-order chi connectivity index (χ1) is 14.1. The molecule has 6 heteroatoms. The third-order valence-corrected chi connectivity index (χ3v) is 4.34. The molecule has 2 amide bonds. The summed E-state index contributed by atoms with van der Waals surface area (Å²) < 4.78 is 5.18. The van der Waals surface area contributed by atoms with Crippen molar-refractivity contribution in [3.05, 3.63) is 95.9 Å². The van der Waals surface area contributed by atoms with Gasteiger partial charge in [0.15, 0.2) is 0 Å². The molecule has 0 atom stereocenters. The van der Waals surface area contributed by atoms with Gasteiger partial charge in [-0.05, 0) is 30.2 Å². The topological polar surface area (TPSA) is 83.7 Å². The van der Waals surface area contributed by atoms with Crippen molar-refractivity contribution in [3.63, 3.8) is 0 Å². The zero-order valence-electron chi connectivity index (χ0n) is 16.2. The van der Waals surface area contributed by atoms with E-state index in [-0.39, 0.29) is 18.2 Å². The lowest BCUT2D eigenvalue weighted by molar-refractivity contribution is -0.122. The molecule has 0 fully saturated rings. The highest BCUT2D eigenvalue weighted by atomic mass is 16.3. The van der Waals surface area contributed by atoms with Crippen LogP contribution in [0.4, 0.5) is 0 Å². The largest absolute Gasteiger partial charge is 0.467 e. The summed E-state index contributed by atoms with van der Waals surface area (Å²) in [5, 5.41) is 6.87. The Morgan fingerprint density at radius 1 is 0.931 bits per heavy atom. The molecule has 0 bridgehead atoms. The zero-order chi connectivity index (χ0) is 20.5. The Balaban J connectivity index is 1.62. The Morgan fingerprint density at radius 2 is 1.55 bits per heavy atom. The molecule has 2 aromatic carbocycles. The van der Waals surface area contributed by atoms with Crippen molar-refractivity contribution in [2.45, 2.75) is 25.8 Å². The quantitative estimate of drug-likeness (QED) is 0.456. The maximum atomic E-state index is 12.9. The van der Waals surface area contributed by atoms with E-state index in [1.807, 2.05) is 60.7 Å². The van der Waals surface area contributed by atoms with Crippen molar-refractivity contribution in [2.75, 3.05) is 0 Å². The number of rotatable bonds is 8. The molecule has 0 spiro atoms. The predicted octanol–water partition coefficient (Wildman–Crippen LogP) is 3.61. The highest BCUT2D eigenvalue weighted by Crippen LogP contribution is 2.24. The Kier molecular flexibility index (Phi) is 6.95. The Morgan fingerprint density at radius 3 is 2.10 bits per heavy atom. The van der Waals surface area contributed by atoms with Crippen LogP contribution in [0.5, 0.6) is 0 Å². The van der Waals surface area contributed by atoms with Crippen LogP contribution in [0, 0.1) is 0 Å². The van der Waals surface area contributed by atoms with E-state index in [0.29, 0.717) is 18.0 Å². The summed E-state index contributed by atoms with van der Waals surface area (Å²) in [6.07, 6.45) is 1.64. The van der Waals surface area contributed by atoms with E-state index in [1.54, 1.807) is 25.3 Å². The van der Waals surface area contributed by atoms with Gasteiger partial charge in [-0.2, -0.15) is 5.10 Å². The SMILES string of the molecule is C/C(CC(=O)NCc1ccco1)=N\NC(=O)C(c1ccccc1)c1ccccc1. The average molecular weight is 389 g/mol. The van der Waals surface area contributed by atoms with Gasteiger partial charge < -0.3 is 9.73 Å². The highest BCUT2D eigenvalue weighted by molar-refractivity contribution is 6.00. The number of carbonyl (C=O) groups excluding carboxylic acids is 2. The lowest BCUT2D eigenvalue weighted by Crippen LogP contribution is -2.28. The van der Waals surface area contributed by atoms with Crippen LogP contribution in [-0.4, -0.2) is 17.5 Å². The lowest BCUT2D eigenvalue weighted by Gasteiger charge is -2.16. The van der Waals surface area contributed by atoms with E-state index in [1.165, 1.54) is 0 Å². The fraction of sp³-hybridized carbons (Fsp3) is 0.174. The zero-order valence-corrected chi connectivity index (χ0v) is 16.2. The maximum absolute atomic E-state index is 12.9. The average Bonchev–Trinajstić information content (AvgIpc) is 3.26. The van der Waals surface area contributed by atoms with Gasteiger partial charge in [0.1, 0.15) is 5.76 Å². The fourth-order valence-electron chi connectivity index (χ4n) is 2.93. The van der Waals surface area contributed by atoms with Crippen molar-refractivity contribution in [3.8, 4) is 0 Å². The van der Waals surface area contributed by atoms with Gasteiger partial charge in [0.25, 0.3) is 5.91 Å². The van der Waals surface area contributed by atoms with Crippen molar-refractivity contribution < 1.29 is 14.0 Å². The molecule has 0 aliphatic heterocycles. The van der Waals surface area contributed by atoms with E-state index < -0.39 is 5.92 Å². The minimum absolute atomic E-state index is 0.0856. The second-order valence-corrected chi connectivity index (χ2v) is 6.61. The second kappa shape index (κ2) is 10.0. The summed E-state index contributed by atoms with van der Waals surface area (Å²) in [6.45, 7) is 2.02. The molecule has 0 aliphatic carbocycles. The van der Waals surface area contributed by atoms with Crippen LogP contribution in [0.25, 0.3) is 0 Å². The molecule has 148 valence electrons. The van der Waals surface area contributed by atoms with Crippen LogP contribution in [0.15, 0.2) is 88.6 Å². The van der Waals surface area contributed by atoms with Gasteiger partial charge in [0, 0.05) is 5.71 Å². The van der Waals surface area contributed by atoms with Crippen LogP contribution in [0.1, 0.15) is 36.1 Å². The van der Waals surface area contributed by atoms with E-state index in [0.717, 1.165) is 11.1 Å². The molecule has 3 aromatic rings. The first-order valence-electron chi connectivity index (χ1n) is 9.35. The number of hydrazone groups is 1. The number of benzene rings is 2. The molecule has 0 radical (unpaired) electrons. The lowest BCUT2D eigenvalue weighted by atomic mass is 9.91. The number of amides is 2. The Labute approximate surface area is 169 Å².